The summed E-state index contributed by atoms with van der Waals surface area (Å²) in [6, 6.07) is 5.65. The van der Waals surface area contributed by atoms with Gasteiger partial charge >= 0.3 is 0 Å². The number of carbonyl (C=O) groups is 1. The molecule has 1 N–H and O–H groups in total. The molecule has 0 saturated heterocycles. The minimum atomic E-state index is -0.0740. The third-order valence-corrected chi connectivity index (χ3v) is 3.21. The Kier molecular flexibility index (Phi) is 4.31. The fourth-order valence-electron chi connectivity index (χ4n) is 1.79. The van der Waals surface area contributed by atoms with Crippen molar-refractivity contribution in [3.05, 3.63) is 46.0 Å². The lowest BCUT2D eigenvalue weighted by Gasteiger charge is -2.07. The van der Waals surface area contributed by atoms with E-state index in [0.29, 0.717) is 18.7 Å². The third-order valence-electron chi connectivity index (χ3n) is 2.75. The molecule has 2 aromatic rings. The van der Waals surface area contributed by atoms with E-state index in [4.69, 9.17) is 0 Å². The molecule has 2 rings (SSSR count). The maximum Gasteiger partial charge on any atom is 0.251 e. The Hall–Kier alpha value is -1.69. The molecule has 0 fully saturated rings. The lowest BCUT2D eigenvalue weighted by atomic mass is 10.1. The highest BCUT2D eigenvalue weighted by Gasteiger charge is 2.07. The highest BCUT2D eigenvalue weighted by molar-refractivity contribution is 9.10. The number of aromatic nitrogens is 3. The minimum absolute atomic E-state index is 0.0740. The van der Waals surface area contributed by atoms with Gasteiger partial charge in [-0.15, -0.1) is 10.2 Å². The van der Waals surface area contributed by atoms with Crippen LogP contribution < -0.4 is 5.32 Å². The summed E-state index contributed by atoms with van der Waals surface area (Å²) in [6.45, 7) is 5.05. The molecule has 1 aromatic heterocycles. The lowest BCUT2D eigenvalue weighted by molar-refractivity contribution is 0.0952. The van der Waals surface area contributed by atoms with E-state index in [-0.39, 0.29) is 5.91 Å². The lowest BCUT2D eigenvalue weighted by Crippen LogP contribution is -2.27. The van der Waals surface area contributed by atoms with E-state index in [9.17, 15) is 4.79 Å². The molecule has 0 saturated carbocycles. The van der Waals surface area contributed by atoms with Gasteiger partial charge in [0.25, 0.3) is 5.91 Å². The van der Waals surface area contributed by atoms with E-state index in [1.165, 1.54) is 0 Å². The fraction of sp³-hybridized carbons (Fsp3) is 0.308. The summed E-state index contributed by atoms with van der Waals surface area (Å²) < 4.78 is 2.80. The predicted octanol–water partition coefficient (Wildman–Crippen LogP) is 2.09. The molecular weight excluding hydrogens is 308 g/mol. The van der Waals surface area contributed by atoms with Crippen molar-refractivity contribution in [2.24, 2.45) is 0 Å². The van der Waals surface area contributed by atoms with Gasteiger partial charge in [-0.2, -0.15) is 0 Å². The molecule has 100 valence electrons. The molecule has 19 heavy (non-hydrogen) atoms. The van der Waals surface area contributed by atoms with E-state index in [2.05, 4.69) is 31.4 Å². The summed E-state index contributed by atoms with van der Waals surface area (Å²) in [4.78, 5) is 12.0. The summed E-state index contributed by atoms with van der Waals surface area (Å²) in [5.41, 5.74) is 1.71. The summed E-state index contributed by atoms with van der Waals surface area (Å²) in [6.07, 6.45) is 1.66. The number of carbonyl (C=O) groups excluding carboxylic acids is 1. The standard InChI is InChI=1S/C13H15BrN4O/c1-9-5-11(7-12(14)6-9)13(19)15-3-4-18-8-16-17-10(18)2/h5-8H,3-4H2,1-2H3,(H,15,19). The first kappa shape index (κ1) is 13.7. The Morgan fingerprint density at radius 2 is 2.16 bits per heavy atom. The second-order valence-corrected chi connectivity index (χ2v) is 5.26. The Morgan fingerprint density at radius 1 is 1.37 bits per heavy atom. The van der Waals surface area contributed by atoms with E-state index in [1.54, 1.807) is 6.33 Å². The maximum absolute atomic E-state index is 12.0. The summed E-state index contributed by atoms with van der Waals surface area (Å²) >= 11 is 3.39. The molecule has 0 aliphatic heterocycles. The number of hydrogen-bond donors (Lipinski definition) is 1. The molecular formula is C13H15BrN4O. The summed E-state index contributed by atoms with van der Waals surface area (Å²) in [7, 11) is 0. The molecule has 5 nitrogen and oxygen atoms in total. The fourth-order valence-corrected chi connectivity index (χ4v) is 2.40. The minimum Gasteiger partial charge on any atom is -0.350 e. The van der Waals surface area contributed by atoms with Crippen LogP contribution in [0.15, 0.2) is 29.0 Å². The molecule has 1 aromatic carbocycles. The average molecular weight is 323 g/mol. The van der Waals surface area contributed by atoms with Crippen LogP contribution in [0.2, 0.25) is 0 Å². The molecule has 0 aliphatic rings. The van der Waals surface area contributed by atoms with Crippen LogP contribution in [0.25, 0.3) is 0 Å². The molecule has 0 bridgehead atoms. The number of nitrogens with zero attached hydrogens (tertiary/aromatic N) is 3. The number of amides is 1. The number of aryl methyl sites for hydroxylation is 2. The molecule has 1 amide bonds. The van der Waals surface area contributed by atoms with Crippen molar-refractivity contribution in [3.63, 3.8) is 0 Å². The van der Waals surface area contributed by atoms with Gasteiger partial charge in [0, 0.05) is 23.1 Å². The van der Waals surface area contributed by atoms with Crippen molar-refractivity contribution in [1.82, 2.24) is 20.1 Å². The Morgan fingerprint density at radius 3 is 2.79 bits per heavy atom. The van der Waals surface area contributed by atoms with Crippen LogP contribution in [0.5, 0.6) is 0 Å². The van der Waals surface area contributed by atoms with Gasteiger partial charge in [-0.25, -0.2) is 0 Å². The van der Waals surface area contributed by atoms with Crippen LogP contribution >= 0.6 is 15.9 Å². The number of rotatable bonds is 4. The van der Waals surface area contributed by atoms with Crippen molar-refractivity contribution >= 4 is 21.8 Å². The zero-order chi connectivity index (χ0) is 13.8. The maximum atomic E-state index is 12.0. The van der Waals surface area contributed by atoms with E-state index >= 15 is 0 Å². The monoisotopic (exact) mass is 322 g/mol. The summed E-state index contributed by atoms with van der Waals surface area (Å²) in [5, 5.41) is 10.6. The first-order valence-corrected chi connectivity index (χ1v) is 6.75. The van der Waals surface area contributed by atoms with Crippen molar-refractivity contribution in [1.29, 1.82) is 0 Å². The van der Waals surface area contributed by atoms with Gasteiger partial charge in [0.1, 0.15) is 12.2 Å². The van der Waals surface area contributed by atoms with Crippen LogP contribution in [-0.2, 0) is 6.54 Å². The molecule has 0 unspecified atom stereocenters. The van der Waals surface area contributed by atoms with E-state index < -0.39 is 0 Å². The molecule has 0 atom stereocenters. The third kappa shape index (κ3) is 3.64. The number of benzene rings is 1. The normalized spacial score (nSPS) is 10.5. The topological polar surface area (TPSA) is 59.8 Å². The van der Waals surface area contributed by atoms with Gasteiger partial charge in [-0.3, -0.25) is 4.79 Å². The molecule has 0 radical (unpaired) electrons. The zero-order valence-corrected chi connectivity index (χ0v) is 12.4. The average Bonchev–Trinajstić information content (AvgIpc) is 2.74. The first-order chi connectivity index (χ1) is 9.06. The zero-order valence-electron chi connectivity index (χ0n) is 10.9. The Balaban J connectivity index is 1.92. The highest BCUT2D eigenvalue weighted by Crippen LogP contribution is 2.15. The van der Waals surface area contributed by atoms with Crippen LogP contribution in [0.4, 0.5) is 0 Å². The van der Waals surface area contributed by atoms with Gasteiger partial charge in [-0.05, 0) is 37.6 Å². The van der Waals surface area contributed by atoms with E-state index in [0.717, 1.165) is 15.9 Å². The number of nitrogens with one attached hydrogen (secondary N) is 1. The predicted molar refractivity (Wildman–Crippen MR) is 76.0 cm³/mol. The summed E-state index contributed by atoms with van der Waals surface area (Å²) in [5.74, 6) is 0.766. The van der Waals surface area contributed by atoms with Crippen molar-refractivity contribution in [3.8, 4) is 0 Å². The highest BCUT2D eigenvalue weighted by atomic mass is 79.9. The van der Waals surface area contributed by atoms with Crippen LogP contribution in [0, 0.1) is 13.8 Å². The molecule has 1 heterocycles. The van der Waals surface area contributed by atoms with Crippen molar-refractivity contribution in [2.75, 3.05) is 6.54 Å². The van der Waals surface area contributed by atoms with Crippen LogP contribution in [0.1, 0.15) is 21.7 Å². The van der Waals surface area contributed by atoms with Gasteiger partial charge in [-0.1, -0.05) is 15.9 Å². The van der Waals surface area contributed by atoms with Gasteiger partial charge < -0.3 is 9.88 Å². The quantitative estimate of drug-likeness (QED) is 0.937. The van der Waals surface area contributed by atoms with Gasteiger partial charge in [0.2, 0.25) is 0 Å². The van der Waals surface area contributed by atoms with Crippen LogP contribution in [-0.4, -0.2) is 27.2 Å². The molecule has 0 aliphatic carbocycles. The Labute approximate surface area is 120 Å². The molecule has 6 heteroatoms. The SMILES string of the molecule is Cc1cc(Br)cc(C(=O)NCCn2cnnc2C)c1. The van der Waals surface area contributed by atoms with Crippen molar-refractivity contribution in [2.45, 2.75) is 20.4 Å². The second-order valence-electron chi connectivity index (χ2n) is 4.34. The first-order valence-electron chi connectivity index (χ1n) is 5.96. The van der Waals surface area contributed by atoms with Gasteiger partial charge in [0.15, 0.2) is 0 Å². The largest absolute Gasteiger partial charge is 0.350 e. The van der Waals surface area contributed by atoms with Crippen LogP contribution in [0.3, 0.4) is 0 Å². The second kappa shape index (κ2) is 5.97. The van der Waals surface area contributed by atoms with Crippen molar-refractivity contribution < 1.29 is 4.79 Å². The smallest absolute Gasteiger partial charge is 0.251 e. The number of halogens is 1. The van der Waals surface area contributed by atoms with E-state index in [1.807, 2.05) is 36.6 Å². The molecule has 0 spiro atoms. The van der Waals surface area contributed by atoms with Gasteiger partial charge in [0.05, 0.1) is 0 Å². The Bertz CT molecular complexity index is 574. The number of hydrogen-bond acceptors (Lipinski definition) is 3.